The molecule has 2 amide bonds. The summed E-state index contributed by atoms with van der Waals surface area (Å²) in [7, 11) is 0. The molecule has 0 unspecified atom stereocenters. The van der Waals surface area contributed by atoms with Crippen LogP contribution in [0.15, 0.2) is 24.3 Å². The molecule has 0 spiro atoms. The summed E-state index contributed by atoms with van der Waals surface area (Å²) >= 11 is 0. The van der Waals surface area contributed by atoms with Crippen LogP contribution < -0.4 is 5.32 Å². The molecule has 22 heavy (non-hydrogen) atoms. The van der Waals surface area contributed by atoms with Gasteiger partial charge in [-0.3, -0.25) is 9.59 Å². The maximum absolute atomic E-state index is 13.0. The van der Waals surface area contributed by atoms with E-state index in [9.17, 15) is 14.0 Å². The molecule has 0 saturated heterocycles. The smallest absolute Gasteiger partial charge is 0.242 e. The van der Waals surface area contributed by atoms with Gasteiger partial charge in [0.15, 0.2) is 0 Å². The molecule has 1 N–H and O–H groups in total. The summed E-state index contributed by atoms with van der Waals surface area (Å²) in [6.45, 7) is 8.17. The number of rotatable bonds is 7. The Bertz CT molecular complexity index is 500. The zero-order valence-electron chi connectivity index (χ0n) is 13.7. The van der Waals surface area contributed by atoms with Crippen LogP contribution in [-0.2, 0) is 16.1 Å². The molecule has 0 aliphatic rings. The topological polar surface area (TPSA) is 49.4 Å². The van der Waals surface area contributed by atoms with Gasteiger partial charge in [-0.1, -0.05) is 32.9 Å². The summed E-state index contributed by atoms with van der Waals surface area (Å²) in [6, 6.07) is 5.41. The fraction of sp³-hybridized carbons (Fsp3) is 0.529. The van der Waals surface area contributed by atoms with E-state index in [1.165, 1.54) is 12.1 Å². The second-order valence-electron chi connectivity index (χ2n) is 5.71. The summed E-state index contributed by atoms with van der Waals surface area (Å²) in [5.74, 6) is -0.789. The molecule has 0 aliphatic carbocycles. The minimum Gasteiger partial charge on any atom is -0.354 e. The lowest BCUT2D eigenvalue weighted by atomic mass is 10.1. The predicted octanol–water partition coefficient (Wildman–Crippen LogP) is 2.73. The Hall–Kier alpha value is -1.91. The van der Waals surface area contributed by atoms with Crippen LogP contribution in [0, 0.1) is 11.7 Å². The van der Waals surface area contributed by atoms with E-state index in [4.69, 9.17) is 0 Å². The molecule has 5 heteroatoms. The lowest BCUT2D eigenvalue weighted by molar-refractivity contribution is -0.143. The van der Waals surface area contributed by atoms with Gasteiger partial charge in [0.25, 0.3) is 0 Å². The summed E-state index contributed by atoms with van der Waals surface area (Å²) in [4.78, 5) is 26.1. The lowest BCUT2D eigenvalue weighted by Crippen LogP contribution is -2.49. The van der Waals surface area contributed by atoms with Crippen LogP contribution in [0.2, 0.25) is 0 Å². The second kappa shape index (κ2) is 8.51. The Morgan fingerprint density at radius 3 is 2.27 bits per heavy atom. The number of nitrogens with zero attached hydrogens (tertiary/aromatic N) is 1. The van der Waals surface area contributed by atoms with Gasteiger partial charge in [0, 0.05) is 19.0 Å². The molecule has 0 heterocycles. The minimum absolute atomic E-state index is 0.0940. The molecule has 4 nitrogen and oxygen atoms in total. The van der Waals surface area contributed by atoms with Crippen LogP contribution >= 0.6 is 0 Å². The van der Waals surface area contributed by atoms with E-state index in [2.05, 4.69) is 5.32 Å². The van der Waals surface area contributed by atoms with Crippen LogP contribution in [0.3, 0.4) is 0 Å². The number of hydrogen-bond acceptors (Lipinski definition) is 2. The zero-order valence-corrected chi connectivity index (χ0v) is 13.7. The third-order valence-electron chi connectivity index (χ3n) is 3.44. The van der Waals surface area contributed by atoms with Crippen LogP contribution in [-0.4, -0.2) is 29.3 Å². The van der Waals surface area contributed by atoms with Crippen molar-refractivity contribution < 1.29 is 14.0 Å². The fourth-order valence-corrected chi connectivity index (χ4v) is 2.06. The van der Waals surface area contributed by atoms with Gasteiger partial charge in [-0.25, -0.2) is 4.39 Å². The molecule has 0 aromatic heterocycles. The second-order valence-corrected chi connectivity index (χ2v) is 5.71. The molecule has 0 radical (unpaired) electrons. The van der Waals surface area contributed by atoms with Crippen molar-refractivity contribution in [3.8, 4) is 0 Å². The molecular formula is C17H25FN2O2. The lowest BCUT2D eigenvalue weighted by Gasteiger charge is -2.30. The van der Waals surface area contributed by atoms with Gasteiger partial charge in [-0.15, -0.1) is 0 Å². The molecule has 0 bridgehead atoms. The predicted molar refractivity (Wildman–Crippen MR) is 84.6 cm³/mol. The molecular weight excluding hydrogens is 283 g/mol. The minimum atomic E-state index is -0.563. The fourth-order valence-electron chi connectivity index (χ4n) is 2.06. The zero-order chi connectivity index (χ0) is 16.7. The number of carbonyl (C=O) groups excluding carboxylic acids is 2. The van der Waals surface area contributed by atoms with Crippen molar-refractivity contribution in [2.45, 2.75) is 46.7 Å². The van der Waals surface area contributed by atoms with Crippen molar-refractivity contribution in [3.63, 3.8) is 0 Å². The van der Waals surface area contributed by atoms with E-state index < -0.39 is 6.04 Å². The van der Waals surface area contributed by atoms with Crippen molar-refractivity contribution in [1.29, 1.82) is 0 Å². The Morgan fingerprint density at radius 2 is 1.77 bits per heavy atom. The van der Waals surface area contributed by atoms with Gasteiger partial charge < -0.3 is 10.2 Å². The third kappa shape index (κ3) is 5.13. The molecule has 1 atom stereocenters. The van der Waals surface area contributed by atoms with E-state index in [1.807, 2.05) is 6.92 Å². The van der Waals surface area contributed by atoms with Crippen molar-refractivity contribution in [1.82, 2.24) is 10.2 Å². The van der Waals surface area contributed by atoms with Crippen LogP contribution in [0.1, 0.15) is 39.7 Å². The molecule has 1 aromatic carbocycles. The Morgan fingerprint density at radius 1 is 1.18 bits per heavy atom. The van der Waals surface area contributed by atoms with Gasteiger partial charge in [-0.05, 0) is 31.0 Å². The Kier molecular flexibility index (Phi) is 7.02. The SMILES string of the molecule is CCCNC(=O)[C@@H](C)N(Cc1ccc(F)cc1)C(=O)C(C)C. The molecule has 1 rings (SSSR count). The Balaban J connectivity index is 2.90. The van der Waals surface area contributed by atoms with Gasteiger partial charge in [0.1, 0.15) is 11.9 Å². The third-order valence-corrected chi connectivity index (χ3v) is 3.44. The summed E-state index contributed by atoms with van der Waals surface area (Å²) < 4.78 is 13.0. The largest absolute Gasteiger partial charge is 0.354 e. The van der Waals surface area contributed by atoms with Gasteiger partial charge in [0.2, 0.25) is 11.8 Å². The van der Waals surface area contributed by atoms with Crippen LogP contribution in [0.5, 0.6) is 0 Å². The molecule has 122 valence electrons. The highest BCUT2D eigenvalue weighted by atomic mass is 19.1. The highest BCUT2D eigenvalue weighted by molar-refractivity contribution is 5.88. The molecule has 0 fully saturated rings. The van der Waals surface area contributed by atoms with Crippen molar-refractivity contribution in [2.75, 3.05) is 6.54 Å². The van der Waals surface area contributed by atoms with Gasteiger partial charge in [-0.2, -0.15) is 0 Å². The summed E-state index contributed by atoms with van der Waals surface area (Å²) in [5.41, 5.74) is 0.797. The number of hydrogen-bond donors (Lipinski definition) is 1. The molecule has 1 aromatic rings. The summed E-state index contributed by atoms with van der Waals surface area (Å²) in [5, 5.41) is 2.81. The maximum Gasteiger partial charge on any atom is 0.242 e. The highest BCUT2D eigenvalue weighted by Gasteiger charge is 2.27. The van der Waals surface area contributed by atoms with Gasteiger partial charge >= 0.3 is 0 Å². The van der Waals surface area contributed by atoms with Crippen molar-refractivity contribution in [2.24, 2.45) is 5.92 Å². The summed E-state index contributed by atoms with van der Waals surface area (Å²) in [6.07, 6.45) is 0.842. The quantitative estimate of drug-likeness (QED) is 0.842. The Labute approximate surface area is 131 Å². The maximum atomic E-state index is 13.0. The molecule has 0 saturated carbocycles. The van der Waals surface area contributed by atoms with Crippen molar-refractivity contribution >= 4 is 11.8 Å². The van der Waals surface area contributed by atoms with E-state index in [1.54, 1.807) is 37.8 Å². The first-order valence-corrected chi connectivity index (χ1v) is 7.69. The van der Waals surface area contributed by atoms with Crippen molar-refractivity contribution in [3.05, 3.63) is 35.6 Å². The first-order valence-electron chi connectivity index (χ1n) is 7.69. The monoisotopic (exact) mass is 308 g/mol. The average Bonchev–Trinajstić information content (AvgIpc) is 2.50. The standard InChI is InChI=1S/C17H25FN2O2/c1-5-10-19-16(21)13(4)20(17(22)12(2)3)11-14-6-8-15(18)9-7-14/h6-9,12-13H,5,10-11H2,1-4H3,(H,19,21)/t13-/m1/s1. The van der Waals surface area contributed by atoms with E-state index in [0.29, 0.717) is 6.54 Å². The number of halogens is 1. The normalized spacial score (nSPS) is 12.1. The van der Waals surface area contributed by atoms with Crippen LogP contribution in [0.25, 0.3) is 0 Å². The van der Waals surface area contributed by atoms with E-state index >= 15 is 0 Å². The van der Waals surface area contributed by atoms with Crippen LogP contribution in [0.4, 0.5) is 4.39 Å². The van der Waals surface area contributed by atoms with Gasteiger partial charge in [0.05, 0.1) is 0 Å². The average molecular weight is 308 g/mol. The first kappa shape index (κ1) is 18.1. The first-order chi connectivity index (χ1) is 10.4. The van der Waals surface area contributed by atoms with E-state index in [0.717, 1.165) is 12.0 Å². The number of nitrogens with one attached hydrogen (secondary N) is 1. The number of benzene rings is 1. The molecule has 0 aliphatic heterocycles. The number of amides is 2. The highest BCUT2D eigenvalue weighted by Crippen LogP contribution is 2.13. The number of carbonyl (C=O) groups is 2. The van der Waals surface area contributed by atoms with E-state index in [-0.39, 0.29) is 30.1 Å².